The Labute approximate surface area is 180 Å². The zero-order valence-corrected chi connectivity index (χ0v) is 17.4. The number of carbonyl (C=O) groups excluding carboxylic acids is 2. The Kier molecular flexibility index (Phi) is 6.28. The number of nitrogens with zero attached hydrogens (tertiary/aromatic N) is 2. The number of halogens is 1. The third kappa shape index (κ3) is 4.97. The number of carbonyl (C=O) groups is 2. The van der Waals surface area contributed by atoms with Crippen LogP contribution in [0.15, 0.2) is 42.5 Å². The van der Waals surface area contributed by atoms with Gasteiger partial charge in [-0.25, -0.2) is 4.79 Å². The summed E-state index contributed by atoms with van der Waals surface area (Å²) in [4.78, 5) is 28.9. The van der Waals surface area contributed by atoms with Gasteiger partial charge in [0.15, 0.2) is 11.5 Å². The van der Waals surface area contributed by atoms with E-state index in [1.54, 1.807) is 29.2 Å². The molecule has 1 fully saturated rings. The van der Waals surface area contributed by atoms with Gasteiger partial charge in [0.25, 0.3) is 0 Å². The van der Waals surface area contributed by atoms with Crippen molar-refractivity contribution in [3.05, 3.63) is 53.1 Å². The third-order valence-corrected chi connectivity index (χ3v) is 5.41. The number of nitrogens with one attached hydrogen (secondary N) is 1. The van der Waals surface area contributed by atoms with Crippen molar-refractivity contribution >= 4 is 29.2 Å². The molecule has 8 heteroatoms. The minimum absolute atomic E-state index is 0.0452. The summed E-state index contributed by atoms with van der Waals surface area (Å²) in [6, 6.07) is 12.5. The largest absolute Gasteiger partial charge is 0.486 e. The van der Waals surface area contributed by atoms with E-state index in [1.165, 1.54) is 0 Å². The zero-order valence-electron chi connectivity index (χ0n) is 16.6. The van der Waals surface area contributed by atoms with Crippen LogP contribution in [0.2, 0.25) is 5.02 Å². The Morgan fingerprint density at radius 3 is 2.53 bits per heavy atom. The van der Waals surface area contributed by atoms with E-state index in [0.29, 0.717) is 68.0 Å². The SMILES string of the molecule is O=C(Cc1ccc2c(c1)OCCO2)N1CCCN(C(=O)Nc2cccc(Cl)c2)CC1. The van der Waals surface area contributed by atoms with E-state index in [9.17, 15) is 9.59 Å². The van der Waals surface area contributed by atoms with Crippen LogP contribution in [0, 0.1) is 0 Å². The molecule has 3 amide bonds. The maximum absolute atomic E-state index is 12.8. The Balaban J connectivity index is 1.32. The van der Waals surface area contributed by atoms with Gasteiger partial charge in [0.05, 0.1) is 6.42 Å². The van der Waals surface area contributed by atoms with Crippen LogP contribution in [-0.4, -0.2) is 61.1 Å². The molecule has 0 spiro atoms. The lowest BCUT2D eigenvalue weighted by Crippen LogP contribution is -2.39. The molecule has 2 aromatic rings. The van der Waals surface area contributed by atoms with Gasteiger partial charge < -0.3 is 24.6 Å². The Morgan fingerprint density at radius 2 is 1.70 bits per heavy atom. The Morgan fingerprint density at radius 1 is 0.933 bits per heavy atom. The molecular formula is C22H24ClN3O4. The average molecular weight is 430 g/mol. The molecule has 0 aliphatic carbocycles. The number of rotatable bonds is 3. The van der Waals surface area contributed by atoms with Gasteiger partial charge in [0.1, 0.15) is 13.2 Å². The van der Waals surface area contributed by atoms with Crippen molar-refractivity contribution in [2.75, 3.05) is 44.7 Å². The number of hydrogen-bond donors (Lipinski definition) is 1. The summed E-state index contributed by atoms with van der Waals surface area (Å²) in [6.45, 7) is 3.28. The molecule has 2 aliphatic rings. The molecule has 2 aliphatic heterocycles. The van der Waals surface area contributed by atoms with Crippen LogP contribution in [0.4, 0.5) is 10.5 Å². The van der Waals surface area contributed by atoms with Crippen LogP contribution in [0.5, 0.6) is 11.5 Å². The number of benzene rings is 2. The first-order valence-electron chi connectivity index (χ1n) is 10.1. The number of amides is 3. The first-order chi connectivity index (χ1) is 14.6. The van der Waals surface area contributed by atoms with Crippen LogP contribution < -0.4 is 14.8 Å². The monoisotopic (exact) mass is 429 g/mol. The summed E-state index contributed by atoms with van der Waals surface area (Å²) >= 11 is 5.98. The molecule has 0 unspecified atom stereocenters. The lowest BCUT2D eigenvalue weighted by molar-refractivity contribution is -0.130. The van der Waals surface area contributed by atoms with Gasteiger partial charge in [-0.05, 0) is 42.3 Å². The molecule has 7 nitrogen and oxygen atoms in total. The fourth-order valence-electron chi connectivity index (χ4n) is 3.62. The summed E-state index contributed by atoms with van der Waals surface area (Å²) in [5, 5.41) is 3.44. The fraction of sp³-hybridized carbons (Fsp3) is 0.364. The number of urea groups is 1. The van der Waals surface area contributed by atoms with E-state index in [1.807, 2.05) is 23.1 Å². The van der Waals surface area contributed by atoms with Crippen molar-refractivity contribution in [3.8, 4) is 11.5 Å². The Bertz CT molecular complexity index is 936. The molecule has 1 N–H and O–H groups in total. The zero-order chi connectivity index (χ0) is 20.9. The molecule has 0 atom stereocenters. The lowest BCUT2D eigenvalue weighted by Gasteiger charge is -2.23. The smallest absolute Gasteiger partial charge is 0.321 e. The summed E-state index contributed by atoms with van der Waals surface area (Å²) in [6.07, 6.45) is 1.03. The van der Waals surface area contributed by atoms with E-state index < -0.39 is 0 Å². The molecule has 0 saturated carbocycles. The van der Waals surface area contributed by atoms with Crippen molar-refractivity contribution in [2.45, 2.75) is 12.8 Å². The molecule has 30 heavy (non-hydrogen) atoms. The summed E-state index contributed by atoms with van der Waals surface area (Å²) < 4.78 is 11.1. The van der Waals surface area contributed by atoms with E-state index in [4.69, 9.17) is 21.1 Å². The summed E-state index contributed by atoms with van der Waals surface area (Å²) in [5.41, 5.74) is 1.55. The third-order valence-electron chi connectivity index (χ3n) is 5.17. The second kappa shape index (κ2) is 9.26. The molecule has 158 valence electrons. The minimum atomic E-state index is -0.182. The van der Waals surface area contributed by atoms with Gasteiger partial charge in [-0.1, -0.05) is 23.7 Å². The second-order valence-electron chi connectivity index (χ2n) is 7.32. The molecule has 0 radical (unpaired) electrons. The highest BCUT2D eigenvalue weighted by atomic mass is 35.5. The molecular weight excluding hydrogens is 406 g/mol. The van der Waals surface area contributed by atoms with Crippen LogP contribution in [0.3, 0.4) is 0 Å². The van der Waals surface area contributed by atoms with Crippen molar-refractivity contribution in [1.29, 1.82) is 0 Å². The van der Waals surface area contributed by atoms with Gasteiger partial charge in [-0.3, -0.25) is 4.79 Å². The topological polar surface area (TPSA) is 71.1 Å². The molecule has 4 rings (SSSR count). The standard InChI is InChI=1S/C22H24ClN3O4/c23-17-3-1-4-18(15-17)24-22(28)26-8-2-7-25(9-10-26)21(27)14-16-5-6-19-20(13-16)30-12-11-29-19/h1,3-6,13,15H,2,7-12,14H2,(H,24,28). The maximum atomic E-state index is 12.8. The summed E-state index contributed by atoms with van der Waals surface area (Å²) in [5.74, 6) is 1.45. The number of anilines is 1. The van der Waals surface area contributed by atoms with Crippen LogP contribution in [0.25, 0.3) is 0 Å². The van der Waals surface area contributed by atoms with Gasteiger partial charge in [-0.15, -0.1) is 0 Å². The average Bonchev–Trinajstić information content (AvgIpc) is 3.00. The molecule has 1 saturated heterocycles. The highest BCUT2D eigenvalue weighted by Gasteiger charge is 2.23. The molecule has 0 aromatic heterocycles. The summed E-state index contributed by atoms with van der Waals surface area (Å²) in [7, 11) is 0. The van der Waals surface area contributed by atoms with Gasteiger partial charge in [-0.2, -0.15) is 0 Å². The number of hydrogen-bond acceptors (Lipinski definition) is 4. The lowest BCUT2D eigenvalue weighted by atomic mass is 10.1. The molecule has 2 heterocycles. The van der Waals surface area contributed by atoms with Crippen molar-refractivity contribution in [1.82, 2.24) is 9.80 Å². The predicted molar refractivity (Wildman–Crippen MR) is 114 cm³/mol. The van der Waals surface area contributed by atoms with E-state index in [-0.39, 0.29) is 11.9 Å². The van der Waals surface area contributed by atoms with E-state index >= 15 is 0 Å². The van der Waals surface area contributed by atoms with Gasteiger partial charge in [0.2, 0.25) is 5.91 Å². The fourth-order valence-corrected chi connectivity index (χ4v) is 3.81. The second-order valence-corrected chi connectivity index (χ2v) is 7.75. The molecule has 2 aromatic carbocycles. The van der Waals surface area contributed by atoms with Crippen molar-refractivity contribution in [3.63, 3.8) is 0 Å². The van der Waals surface area contributed by atoms with Crippen LogP contribution in [0.1, 0.15) is 12.0 Å². The number of fused-ring (bicyclic) bond motifs is 1. The van der Waals surface area contributed by atoms with Crippen molar-refractivity contribution < 1.29 is 19.1 Å². The van der Waals surface area contributed by atoms with Crippen LogP contribution >= 0.6 is 11.6 Å². The minimum Gasteiger partial charge on any atom is -0.486 e. The van der Waals surface area contributed by atoms with Gasteiger partial charge in [0, 0.05) is 36.9 Å². The maximum Gasteiger partial charge on any atom is 0.321 e. The number of ether oxygens (including phenoxy) is 2. The quantitative estimate of drug-likeness (QED) is 0.811. The predicted octanol–water partition coefficient (Wildman–Crippen LogP) is 3.42. The van der Waals surface area contributed by atoms with Gasteiger partial charge >= 0.3 is 6.03 Å². The highest BCUT2D eigenvalue weighted by Crippen LogP contribution is 2.31. The van der Waals surface area contributed by atoms with E-state index in [0.717, 1.165) is 12.0 Å². The molecule has 0 bridgehead atoms. The Hall–Kier alpha value is -2.93. The normalized spacial score (nSPS) is 16.0. The van der Waals surface area contributed by atoms with E-state index in [2.05, 4.69) is 5.32 Å². The van der Waals surface area contributed by atoms with Crippen LogP contribution in [-0.2, 0) is 11.2 Å². The highest BCUT2D eigenvalue weighted by molar-refractivity contribution is 6.30. The first-order valence-corrected chi connectivity index (χ1v) is 10.4. The first kappa shape index (κ1) is 20.3. The van der Waals surface area contributed by atoms with Crippen molar-refractivity contribution in [2.24, 2.45) is 0 Å².